The lowest BCUT2D eigenvalue weighted by molar-refractivity contribution is -0.112. The van der Waals surface area contributed by atoms with Crippen LogP contribution in [0.5, 0.6) is 0 Å². The Balaban J connectivity index is 0.00000191. The summed E-state index contributed by atoms with van der Waals surface area (Å²) in [5, 5.41) is 0. The van der Waals surface area contributed by atoms with Crippen LogP contribution in [-0.4, -0.2) is 35.5 Å². The zero-order valence-corrected chi connectivity index (χ0v) is 13.8. The van der Waals surface area contributed by atoms with Gasteiger partial charge < -0.3 is 9.53 Å². The molecule has 21 heavy (non-hydrogen) atoms. The van der Waals surface area contributed by atoms with E-state index in [9.17, 15) is 9.59 Å². The summed E-state index contributed by atoms with van der Waals surface area (Å²) in [7, 11) is 0. The smallest absolute Gasteiger partial charge is 0.411 e. The second-order valence-corrected chi connectivity index (χ2v) is 5.55. The Morgan fingerprint density at radius 2 is 1.95 bits per heavy atom. The van der Waals surface area contributed by atoms with E-state index in [1.165, 1.54) is 4.90 Å². The lowest BCUT2D eigenvalue weighted by Crippen LogP contribution is -2.48. The molecule has 118 valence electrons. The summed E-state index contributed by atoms with van der Waals surface area (Å²) in [6.07, 6.45) is 4.17. The first-order valence-electron chi connectivity index (χ1n) is 7.23. The van der Waals surface area contributed by atoms with Gasteiger partial charge in [-0.15, -0.1) is 0 Å². The number of piperidine rings is 1. The molecule has 1 unspecified atom stereocenters. The maximum absolute atomic E-state index is 12.1. The van der Waals surface area contributed by atoms with E-state index in [4.69, 9.17) is 4.74 Å². The van der Waals surface area contributed by atoms with Crippen LogP contribution in [0.3, 0.4) is 0 Å². The second-order valence-electron chi connectivity index (χ2n) is 5.55. The van der Waals surface area contributed by atoms with Crippen molar-refractivity contribution in [3.63, 3.8) is 0 Å². The van der Waals surface area contributed by atoms with Gasteiger partial charge in [-0.25, -0.2) is 4.79 Å². The van der Waals surface area contributed by atoms with Gasteiger partial charge in [0.2, 0.25) is 0 Å². The number of allylic oxidation sites excluding steroid dienone is 2. The first kappa shape index (κ1) is 19.2. The summed E-state index contributed by atoms with van der Waals surface area (Å²) in [5.74, 6) is 0. The number of hydrogen-bond donors (Lipinski definition) is 0. The standard InChI is InChI=1S/C15H21NO3.C2H6/c1-6-7-12-9-16(13(10-17)8-11(12)2)14(18)19-15(3,4)5;1-2/h6-7,10,13H,1-2,8-9H2,3-5H3;1-2H3/b12-7-;. The van der Waals surface area contributed by atoms with Crippen LogP contribution in [0.2, 0.25) is 0 Å². The number of likely N-dealkylation sites (tertiary alicyclic amines) is 1. The highest BCUT2D eigenvalue weighted by molar-refractivity contribution is 5.75. The van der Waals surface area contributed by atoms with Gasteiger partial charge in [0.05, 0.1) is 12.6 Å². The fourth-order valence-corrected chi connectivity index (χ4v) is 1.86. The minimum Gasteiger partial charge on any atom is -0.444 e. The molecule has 1 aliphatic heterocycles. The molecule has 1 rings (SSSR count). The topological polar surface area (TPSA) is 46.6 Å². The molecule has 0 spiro atoms. The Labute approximate surface area is 128 Å². The van der Waals surface area contributed by atoms with Crippen LogP contribution in [0.4, 0.5) is 4.79 Å². The van der Waals surface area contributed by atoms with E-state index in [-0.39, 0.29) is 0 Å². The van der Waals surface area contributed by atoms with Crippen LogP contribution in [0.25, 0.3) is 0 Å². The highest BCUT2D eigenvalue weighted by Gasteiger charge is 2.33. The average Bonchev–Trinajstić information content (AvgIpc) is 2.41. The van der Waals surface area contributed by atoms with Gasteiger partial charge >= 0.3 is 6.09 Å². The Kier molecular flexibility index (Phi) is 7.71. The monoisotopic (exact) mass is 293 g/mol. The molecule has 0 aromatic rings. The van der Waals surface area contributed by atoms with Gasteiger partial charge in [0.15, 0.2) is 0 Å². The largest absolute Gasteiger partial charge is 0.444 e. The molecule has 0 bridgehead atoms. The quantitative estimate of drug-likeness (QED) is 0.726. The molecule has 4 heteroatoms. The number of ether oxygens (including phenoxy) is 1. The first-order chi connectivity index (χ1) is 9.78. The molecule has 1 amide bonds. The minimum absolute atomic E-state index is 0.323. The molecule has 1 fully saturated rings. The normalized spacial score (nSPS) is 20.4. The lowest BCUT2D eigenvalue weighted by atomic mass is 9.94. The third kappa shape index (κ3) is 5.98. The van der Waals surface area contributed by atoms with Crippen molar-refractivity contribution >= 4 is 12.4 Å². The molecule has 0 aromatic carbocycles. The number of carbonyl (C=O) groups is 2. The predicted octanol–water partition coefficient (Wildman–Crippen LogP) is 3.89. The van der Waals surface area contributed by atoms with Gasteiger partial charge in [-0.2, -0.15) is 0 Å². The minimum atomic E-state index is -0.582. The second kappa shape index (κ2) is 8.45. The maximum Gasteiger partial charge on any atom is 0.411 e. The SMILES string of the molecule is C=C/C=C1/CN(C(=O)OC(C)(C)C)C(C=O)CC1=C.CC. The van der Waals surface area contributed by atoms with Crippen molar-refractivity contribution in [2.75, 3.05) is 6.54 Å². The van der Waals surface area contributed by atoms with E-state index in [1.54, 1.807) is 32.9 Å². The Bertz CT molecular complexity index is 430. The molecule has 1 aliphatic rings. The number of aldehydes is 1. The molecule has 0 radical (unpaired) electrons. The van der Waals surface area contributed by atoms with Gasteiger partial charge in [-0.05, 0) is 38.3 Å². The summed E-state index contributed by atoms with van der Waals surface area (Å²) in [6.45, 7) is 17.3. The molecule has 4 nitrogen and oxygen atoms in total. The van der Waals surface area contributed by atoms with Crippen molar-refractivity contribution in [1.29, 1.82) is 0 Å². The van der Waals surface area contributed by atoms with Crippen LogP contribution in [0.15, 0.2) is 36.5 Å². The Morgan fingerprint density at radius 3 is 2.38 bits per heavy atom. The number of amides is 1. The van der Waals surface area contributed by atoms with Crippen molar-refractivity contribution in [1.82, 2.24) is 4.90 Å². The molecule has 1 saturated heterocycles. The molecular weight excluding hydrogens is 266 g/mol. The highest BCUT2D eigenvalue weighted by Crippen LogP contribution is 2.26. The molecule has 0 aliphatic carbocycles. The van der Waals surface area contributed by atoms with Crippen molar-refractivity contribution in [2.45, 2.75) is 52.7 Å². The van der Waals surface area contributed by atoms with Gasteiger partial charge in [0.25, 0.3) is 0 Å². The number of rotatable bonds is 2. The van der Waals surface area contributed by atoms with Crippen LogP contribution in [-0.2, 0) is 9.53 Å². The molecule has 1 atom stereocenters. The maximum atomic E-state index is 12.1. The van der Waals surface area contributed by atoms with Crippen molar-refractivity contribution in [3.8, 4) is 0 Å². The van der Waals surface area contributed by atoms with Crippen molar-refractivity contribution < 1.29 is 14.3 Å². The Hall–Kier alpha value is -1.84. The third-order valence-electron chi connectivity index (χ3n) is 2.75. The summed E-state index contributed by atoms with van der Waals surface area (Å²) in [4.78, 5) is 24.7. The van der Waals surface area contributed by atoms with Crippen LogP contribution in [0, 0.1) is 0 Å². The number of hydrogen-bond acceptors (Lipinski definition) is 3. The average molecular weight is 293 g/mol. The van der Waals surface area contributed by atoms with E-state index in [2.05, 4.69) is 13.2 Å². The van der Waals surface area contributed by atoms with E-state index >= 15 is 0 Å². The van der Waals surface area contributed by atoms with E-state index in [1.807, 2.05) is 13.8 Å². The highest BCUT2D eigenvalue weighted by atomic mass is 16.6. The van der Waals surface area contributed by atoms with Gasteiger partial charge in [-0.1, -0.05) is 39.2 Å². The zero-order valence-electron chi connectivity index (χ0n) is 13.8. The van der Waals surface area contributed by atoms with Gasteiger partial charge in [0.1, 0.15) is 11.9 Å². The van der Waals surface area contributed by atoms with E-state index < -0.39 is 17.7 Å². The summed E-state index contributed by atoms with van der Waals surface area (Å²) in [5.41, 5.74) is 1.18. The Morgan fingerprint density at radius 1 is 1.38 bits per heavy atom. The fourth-order valence-electron chi connectivity index (χ4n) is 1.86. The molecule has 1 heterocycles. The van der Waals surface area contributed by atoms with Gasteiger partial charge in [0, 0.05) is 0 Å². The number of carbonyl (C=O) groups excluding carboxylic acids is 2. The summed E-state index contributed by atoms with van der Waals surface area (Å²) in [6, 6.07) is -0.510. The first-order valence-corrected chi connectivity index (χ1v) is 7.23. The molecule has 0 N–H and O–H groups in total. The third-order valence-corrected chi connectivity index (χ3v) is 2.75. The number of nitrogens with zero attached hydrogens (tertiary/aromatic N) is 1. The fraction of sp³-hybridized carbons (Fsp3) is 0.529. The summed E-state index contributed by atoms with van der Waals surface area (Å²) >= 11 is 0. The molecule has 0 saturated carbocycles. The lowest BCUT2D eigenvalue weighted by Gasteiger charge is -2.36. The van der Waals surface area contributed by atoms with Crippen molar-refractivity contribution in [2.24, 2.45) is 0 Å². The van der Waals surface area contributed by atoms with Crippen LogP contribution in [0.1, 0.15) is 41.0 Å². The summed E-state index contributed by atoms with van der Waals surface area (Å²) < 4.78 is 5.32. The van der Waals surface area contributed by atoms with Crippen molar-refractivity contribution in [3.05, 3.63) is 36.5 Å². The van der Waals surface area contributed by atoms with E-state index in [0.29, 0.717) is 13.0 Å². The molecule has 0 aromatic heterocycles. The van der Waals surface area contributed by atoms with Gasteiger partial charge in [-0.3, -0.25) is 4.90 Å². The van der Waals surface area contributed by atoms with Crippen LogP contribution < -0.4 is 0 Å². The van der Waals surface area contributed by atoms with E-state index in [0.717, 1.165) is 17.4 Å². The molecular formula is C17H27NO3. The zero-order chi connectivity index (χ0) is 16.6. The van der Waals surface area contributed by atoms with Crippen LogP contribution >= 0.6 is 0 Å². The predicted molar refractivity (Wildman–Crippen MR) is 86.2 cm³/mol.